The second-order valence-corrected chi connectivity index (χ2v) is 9.54. The molecule has 1 heterocycles. The topological polar surface area (TPSA) is 110 Å². The van der Waals surface area contributed by atoms with Crippen molar-refractivity contribution in [3.05, 3.63) is 72.3 Å². The number of carbonyl (C=O) groups excluding carboxylic acids is 1. The first-order chi connectivity index (χ1) is 14.6. The number of nitrogens with zero attached hydrogens (tertiary/aromatic N) is 2. The largest absolute Gasteiger partial charge is 0.497 e. The number of rotatable bonds is 6. The van der Waals surface area contributed by atoms with Crippen molar-refractivity contribution in [2.24, 2.45) is 0 Å². The monoisotopic (exact) mass is 440 g/mol. The van der Waals surface area contributed by atoms with E-state index in [9.17, 15) is 13.2 Å². The molecule has 31 heavy (non-hydrogen) atoms. The zero-order valence-electron chi connectivity index (χ0n) is 17.7. The zero-order chi connectivity index (χ0) is 22.6. The van der Waals surface area contributed by atoms with Crippen LogP contribution in [0.3, 0.4) is 0 Å². The fourth-order valence-electron chi connectivity index (χ4n) is 2.64. The summed E-state index contributed by atoms with van der Waals surface area (Å²) in [6, 6.07) is 12.2. The summed E-state index contributed by atoms with van der Waals surface area (Å²) in [6.45, 7) is 6.00. The molecule has 2 N–H and O–H groups in total. The van der Waals surface area contributed by atoms with Gasteiger partial charge in [0.1, 0.15) is 11.6 Å². The number of hydrogen-bond acceptors (Lipinski definition) is 6. The lowest BCUT2D eigenvalue weighted by atomic mass is 9.96. The number of sulfonamides is 1. The minimum atomic E-state index is -3.80. The molecule has 8 nitrogen and oxygen atoms in total. The molecule has 3 rings (SSSR count). The highest BCUT2D eigenvalue weighted by molar-refractivity contribution is 7.92. The Kier molecular flexibility index (Phi) is 6.26. The molecule has 9 heteroatoms. The molecular weight excluding hydrogens is 416 g/mol. The van der Waals surface area contributed by atoms with Gasteiger partial charge in [0, 0.05) is 16.7 Å². The Hall–Kier alpha value is -3.46. The third-order valence-electron chi connectivity index (χ3n) is 4.35. The number of ether oxygens (including phenoxy) is 1. The third kappa shape index (κ3) is 5.58. The molecule has 0 aliphatic carbocycles. The van der Waals surface area contributed by atoms with Crippen LogP contribution < -0.4 is 14.8 Å². The average molecular weight is 441 g/mol. The van der Waals surface area contributed by atoms with Crippen molar-refractivity contribution in [3.8, 4) is 5.75 Å². The van der Waals surface area contributed by atoms with E-state index in [1.807, 2.05) is 20.8 Å². The molecule has 0 saturated heterocycles. The lowest BCUT2D eigenvalue weighted by Crippen LogP contribution is -2.17. The highest BCUT2D eigenvalue weighted by atomic mass is 32.2. The van der Waals surface area contributed by atoms with Gasteiger partial charge < -0.3 is 10.1 Å². The zero-order valence-corrected chi connectivity index (χ0v) is 18.5. The number of methoxy groups -OCH3 is 1. The van der Waals surface area contributed by atoms with Gasteiger partial charge in [-0.2, -0.15) is 0 Å². The van der Waals surface area contributed by atoms with E-state index < -0.39 is 10.0 Å². The Morgan fingerprint density at radius 2 is 1.48 bits per heavy atom. The first-order valence-corrected chi connectivity index (χ1v) is 11.0. The summed E-state index contributed by atoms with van der Waals surface area (Å²) in [4.78, 5) is 21.0. The van der Waals surface area contributed by atoms with Gasteiger partial charge in [-0.3, -0.25) is 9.52 Å². The molecule has 0 spiro atoms. The molecule has 0 bridgehead atoms. The summed E-state index contributed by atoms with van der Waals surface area (Å²) >= 11 is 0. The van der Waals surface area contributed by atoms with Crippen LogP contribution in [0.1, 0.15) is 37.0 Å². The first-order valence-electron chi connectivity index (χ1n) is 9.49. The smallest absolute Gasteiger partial charge is 0.261 e. The van der Waals surface area contributed by atoms with Crippen molar-refractivity contribution in [2.75, 3.05) is 17.1 Å². The Labute approximate surface area is 181 Å². The maximum Gasteiger partial charge on any atom is 0.261 e. The maximum atomic E-state index is 12.6. The van der Waals surface area contributed by atoms with Crippen LogP contribution in [0.2, 0.25) is 0 Å². The predicted molar refractivity (Wildman–Crippen MR) is 119 cm³/mol. The van der Waals surface area contributed by atoms with Gasteiger partial charge in [-0.05, 0) is 48.5 Å². The van der Waals surface area contributed by atoms with E-state index >= 15 is 0 Å². The van der Waals surface area contributed by atoms with Gasteiger partial charge in [-0.1, -0.05) is 20.8 Å². The van der Waals surface area contributed by atoms with Gasteiger partial charge in [-0.25, -0.2) is 18.4 Å². The molecule has 0 aliphatic rings. The molecule has 0 saturated carbocycles. The summed E-state index contributed by atoms with van der Waals surface area (Å²) in [5.74, 6) is 0.903. The number of carbonyl (C=O) groups is 1. The molecule has 0 fully saturated rings. The van der Waals surface area contributed by atoms with Crippen molar-refractivity contribution in [1.29, 1.82) is 0 Å². The van der Waals surface area contributed by atoms with Crippen LogP contribution in [0.15, 0.2) is 65.8 Å². The van der Waals surface area contributed by atoms with Crippen LogP contribution in [0.4, 0.5) is 11.4 Å². The third-order valence-corrected chi connectivity index (χ3v) is 5.75. The normalized spacial score (nSPS) is 11.6. The van der Waals surface area contributed by atoms with E-state index in [-0.39, 0.29) is 16.2 Å². The lowest BCUT2D eigenvalue weighted by molar-refractivity contribution is 0.102. The second kappa shape index (κ2) is 8.73. The number of hydrogen-bond donors (Lipinski definition) is 2. The highest BCUT2D eigenvalue weighted by Gasteiger charge is 2.18. The Bertz CT molecular complexity index is 1150. The van der Waals surface area contributed by atoms with Crippen molar-refractivity contribution in [3.63, 3.8) is 0 Å². The highest BCUT2D eigenvalue weighted by Crippen LogP contribution is 2.21. The molecule has 3 aromatic rings. The van der Waals surface area contributed by atoms with Gasteiger partial charge in [0.05, 0.1) is 30.1 Å². The van der Waals surface area contributed by atoms with E-state index in [0.29, 0.717) is 28.5 Å². The standard InChI is InChI=1S/C22H24N4O4S/c1-22(2,3)21-23-13-17(14-24-21)25-20(27)15-5-11-19(12-6-15)31(28,29)26-16-7-9-18(30-4)10-8-16/h5-14,26H,1-4H3,(H,25,27). The number of anilines is 2. The summed E-state index contributed by atoms with van der Waals surface area (Å²) in [6.07, 6.45) is 3.09. The van der Waals surface area contributed by atoms with Crippen LogP contribution in [-0.4, -0.2) is 31.4 Å². The van der Waals surface area contributed by atoms with Crippen molar-refractivity contribution in [1.82, 2.24) is 9.97 Å². The van der Waals surface area contributed by atoms with Gasteiger partial charge in [0.2, 0.25) is 0 Å². The SMILES string of the molecule is COc1ccc(NS(=O)(=O)c2ccc(C(=O)Nc3cnc(C(C)(C)C)nc3)cc2)cc1. The number of aromatic nitrogens is 2. The summed E-state index contributed by atoms with van der Waals surface area (Å²) in [5, 5.41) is 2.70. The lowest BCUT2D eigenvalue weighted by Gasteiger charge is -2.16. The Balaban J connectivity index is 1.69. The van der Waals surface area contributed by atoms with Gasteiger partial charge in [0.15, 0.2) is 0 Å². The molecule has 0 aliphatic heterocycles. The quantitative estimate of drug-likeness (QED) is 0.603. The second-order valence-electron chi connectivity index (χ2n) is 7.86. The molecule has 0 unspecified atom stereocenters. The van der Waals surface area contributed by atoms with E-state index in [4.69, 9.17) is 4.74 Å². The Morgan fingerprint density at radius 3 is 2.00 bits per heavy atom. The predicted octanol–water partition coefficient (Wildman–Crippen LogP) is 3.84. The molecule has 0 atom stereocenters. The van der Waals surface area contributed by atoms with E-state index in [2.05, 4.69) is 20.0 Å². The van der Waals surface area contributed by atoms with Crippen molar-refractivity contribution < 1.29 is 17.9 Å². The molecule has 1 aromatic heterocycles. The summed E-state index contributed by atoms with van der Waals surface area (Å²) in [7, 11) is -2.26. The molecule has 0 radical (unpaired) electrons. The molecule has 2 aromatic carbocycles. The van der Waals surface area contributed by atoms with Gasteiger partial charge in [0.25, 0.3) is 15.9 Å². The van der Waals surface area contributed by atoms with Crippen LogP contribution in [0.5, 0.6) is 5.75 Å². The molecular formula is C22H24N4O4S. The van der Waals surface area contributed by atoms with Crippen molar-refractivity contribution in [2.45, 2.75) is 31.1 Å². The number of nitrogens with one attached hydrogen (secondary N) is 2. The van der Waals surface area contributed by atoms with Crippen LogP contribution in [-0.2, 0) is 15.4 Å². The maximum absolute atomic E-state index is 12.6. The van der Waals surface area contributed by atoms with E-state index in [0.717, 1.165) is 0 Å². The molecule has 1 amide bonds. The molecule has 162 valence electrons. The van der Waals surface area contributed by atoms with Crippen LogP contribution in [0, 0.1) is 0 Å². The Morgan fingerprint density at radius 1 is 0.903 bits per heavy atom. The minimum absolute atomic E-state index is 0.0396. The summed E-state index contributed by atoms with van der Waals surface area (Å²) < 4.78 is 32.7. The van der Waals surface area contributed by atoms with Crippen LogP contribution in [0.25, 0.3) is 0 Å². The fraction of sp³-hybridized carbons (Fsp3) is 0.227. The van der Waals surface area contributed by atoms with Gasteiger partial charge >= 0.3 is 0 Å². The van der Waals surface area contributed by atoms with E-state index in [1.165, 1.54) is 31.4 Å². The summed E-state index contributed by atoms with van der Waals surface area (Å²) in [5.41, 5.74) is 0.976. The van der Waals surface area contributed by atoms with E-state index in [1.54, 1.807) is 36.7 Å². The number of benzene rings is 2. The van der Waals surface area contributed by atoms with Gasteiger partial charge in [-0.15, -0.1) is 0 Å². The first kappa shape index (κ1) is 22.2. The number of amides is 1. The van der Waals surface area contributed by atoms with Crippen molar-refractivity contribution >= 4 is 27.3 Å². The van der Waals surface area contributed by atoms with Crippen LogP contribution >= 0.6 is 0 Å². The fourth-order valence-corrected chi connectivity index (χ4v) is 3.70. The minimum Gasteiger partial charge on any atom is -0.497 e. The average Bonchev–Trinajstić information content (AvgIpc) is 2.74.